The maximum absolute atomic E-state index is 4.48. The molecule has 0 atom stereocenters. The summed E-state index contributed by atoms with van der Waals surface area (Å²) in [5.74, 6) is 1.21. The smallest absolute Gasteiger partial charge is 0.264 e. The van der Waals surface area contributed by atoms with E-state index in [1.54, 1.807) is 0 Å². The molecule has 0 bridgehead atoms. The number of fused-ring (bicyclic) bond motifs is 7. The van der Waals surface area contributed by atoms with Crippen LogP contribution in [0.2, 0.25) is 0 Å². The summed E-state index contributed by atoms with van der Waals surface area (Å²) in [6.07, 6.45) is 7.78. The Balaban J connectivity index is 1.84. The lowest BCUT2D eigenvalue weighted by atomic mass is 10.1. The first-order valence-electron chi connectivity index (χ1n) is 8.31. The summed E-state index contributed by atoms with van der Waals surface area (Å²) >= 11 is 0. The molecule has 0 unspecified atom stereocenters. The van der Waals surface area contributed by atoms with Crippen LogP contribution in [0.5, 0.6) is 0 Å². The van der Waals surface area contributed by atoms with Gasteiger partial charge in [-0.3, -0.25) is 4.98 Å². The van der Waals surface area contributed by atoms with E-state index >= 15 is 0 Å². The number of rotatable bonds is 1. The molecule has 6 rings (SSSR count). The molecule has 0 saturated heterocycles. The van der Waals surface area contributed by atoms with E-state index in [9.17, 15) is 0 Å². The van der Waals surface area contributed by atoms with Gasteiger partial charge in [-0.1, -0.05) is 18.2 Å². The first kappa shape index (κ1) is 12.9. The Kier molecular flexibility index (Phi) is 2.34. The molecule has 5 aromatic rings. The number of aromatic nitrogens is 5. The molecule has 5 heterocycles. The largest absolute Gasteiger partial charge is 0.296 e. The van der Waals surface area contributed by atoms with Crippen LogP contribution in [0.15, 0.2) is 73.3 Å². The van der Waals surface area contributed by atoms with Crippen LogP contribution in [0.1, 0.15) is 5.56 Å². The van der Waals surface area contributed by atoms with E-state index in [0.717, 1.165) is 17.7 Å². The van der Waals surface area contributed by atoms with Gasteiger partial charge in [0.25, 0.3) is 5.82 Å². The third-order valence-electron chi connectivity index (χ3n) is 4.98. The second-order valence-corrected chi connectivity index (χ2v) is 6.33. The summed E-state index contributed by atoms with van der Waals surface area (Å²) in [7, 11) is 0. The molecule has 0 N–H and O–H groups in total. The first-order chi connectivity index (χ1) is 12.4. The van der Waals surface area contributed by atoms with Crippen LogP contribution < -0.4 is 4.57 Å². The van der Waals surface area contributed by atoms with Gasteiger partial charge < -0.3 is 0 Å². The average molecular weight is 324 g/mol. The lowest BCUT2D eigenvalue weighted by Gasteiger charge is -2.02. The lowest BCUT2D eigenvalue weighted by Crippen LogP contribution is -2.31. The molecule has 0 amide bonds. The normalized spacial score (nSPS) is 12.6. The third-order valence-corrected chi connectivity index (χ3v) is 4.98. The quantitative estimate of drug-likeness (QED) is 0.436. The molecule has 0 aliphatic carbocycles. The van der Waals surface area contributed by atoms with E-state index < -0.39 is 0 Å². The highest BCUT2D eigenvalue weighted by Crippen LogP contribution is 2.35. The fraction of sp³-hybridized carbons (Fsp3) is 0.0500. The Morgan fingerprint density at radius 1 is 0.960 bits per heavy atom. The zero-order chi connectivity index (χ0) is 16.4. The van der Waals surface area contributed by atoms with Crippen molar-refractivity contribution in [3.8, 4) is 17.1 Å². The Bertz CT molecular complexity index is 1260. The molecule has 1 aliphatic rings. The van der Waals surface area contributed by atoms with E-state index in [0.29, 0.717) is 0 Å². The van der Waals surface area contributed by atoms with Crippen LogP contribution in [0.4, 0.5) is 0 Å². The monoisotopic (exact) mass is 324 g/mol. The Hall–Kier alpha value is -3.47. The van der Waals surface area contributed by atoms with Crippen molar-refractivity contribution in [3.05, 3.63) is 78.9 Å². The van der Waals surface area contributed by atoms with Crippen LogP contribution in [0.25, 0.3) is 33.6 Å². The lowest BCUT2D eigenvalue weighted by molar-refractivity contribution is -0.645. The van der Waals surface area contributed by atoms with Gasteiger partial charge in [-0.2, -0.15) is 9.67 Å². The van der Waals surface area contributed by atoms with Crippen molar-refractivity contribution >= 4 is 16.6 Å². The highest BCUT2D eigenvalue weighted by Gasteiger charge is 2.36. The highest BCUT2D eigenvalue weighted by molar-refractivity contribution is 5.94. The molecular weight excluding hydrogens is 310 g/mol. The Morgan fingerprint density at radius 2 is 1.88 bits per heavy atom. The van der Waals surface area contributed by atoms with E-state index in [1.165, 1.54) is 28.0 Å². The number of nitrogens with zero attached hydrogens (tertiary/aromatic N) is 5. The van der Waals surface area contributed by atoms with Gasteiger partial charge in [-0.25, -0.2) is 9.08 Å². The summed E-state index contributed by atoms with van der Waals surface area (Å²) in [6, 6.07) is 16.7. The van der Waals surface area contributed by atoms with Crippen molar-refractivity contribution in [3.63, 3.8) is 0 Å². The minimum absolute atomic E-state index is 0.839. The minimum atomic E-state index is 0.839. The van der Waals surface area contributed by atoms with Crippen LogP contribution in [-0.2, 0) is 6.54 Å². The second-order valence-electron chi connectivity index (χ2n) is 6.33. The molecule has 1 aromatic carbocycles. The van der Waals surface area contributed by atoms with Crippen LogP contribution in [0, 0.1) is 0 Å². The summed E-state index contributed by atoms with van der Waals surface area (Å²) in [5, 5.41) is 4.48. The SMILES string of the molecule is c1ccc(-n2c3[n+](c4cn5ncccc5c42)Cc2cnccc2-3)cc1. The molecule has 5 nitrogen and oxygen atoms in total. The van der Waals surface area contributed by atoms with Crippen molar-refractivity contribution < 1.29 is 4.57 Å². The number of pyridine rings is 1. The van der Waals surface area contributed by atoms with Crippen LogP contribution in [-0.4, -0.2) is 19.2 Å². The summed E-state index contributed by atoms with van der Waals surface area (Å²) < 4.78 is 6.67. The average Bonchev–Trinajstić information content (AvgIpc) is 3.30. The Morgan fingerprint density at radius 3 is 2.80 bits per heavy atom. The van der Waals surface area contributed by atoms with Gasteiger partial charge in [-0.05, 0) is 30.3 Å². The summed E-state index contributed by atoms with van der Waals surface area (Å²) in [4.78, 5) is 4.30. The van der Waals surface area contributed by atoms with Crippen molar-refractivity contribution in [1.29, 1.82) is 0 Å². The summed E-state index contributed by atoms with van der Waals surface area (Å²) in [6.45, 7) is 0.839. The van der Waals surface area contributed by atoms with Crippen molar-refractivity contribution in [2.45, 2.75) is 6.54 Å². The number of para-hydroxylation sites is 1. The summed E-state index contributed by atoms with van der Waals surface area (Å²) in [5.41, 5.74) is 7.15. The standard InChI is InChI=1S/C20H14N5/c1-2-5-15(6-3-1)25-19-17-7-4-9-22-24(17)13-18(19)23-12-14-11-21-10-8-16(14)20(23)25/h1-11,13H,12H2/q+1. The molecule has 5 heteroatoms. The van der Waals surface area contributed by atoms with E-state index in [-0.39, 0.29) is 0 Å². The van der Waals surface area contributed by atoms with Gasteiger partial charge in [0, 0.05) is 24.2 Å². The van der Waals surface area contributed by atoms with Gasteiger partial charge in [-0.15, -0.1) is 0 Å². The maximum atomic E-state index is 4.48. The number of hydrogen-bond acceptors (Lipinski definition) is 2. The van der Waals surface area contributed by atoms with E-state index in [1.807, 2.05) is 29.2 Å². The van der Waals surface area contributed by atoms with Crippen LogP contribution >= 0.6 is 0 Å². The maximum Gasteiger partial charge on any atom is 0.296 e. The zero-order valence-electron chi connectivity index (χ0n) is 13.4. The number of imidazole rings is 1. The second kappa shape index (κ2) is 4.54. The topological polar surface area (TPSA) is 39.0 Å². The van der Waals surface area contributed by atoms with Gasteiger partial charge in [0.05, 0.1) is 11.8 Å². The fourth-order valence-electron chi connectivity index (χ4n) is 3.94. The number of hydrogen-bond donors (Lipinski definition) is 0. The van der Waals surface area contributed by atoms with Crippen molar-refractivity contribution in [2.75, 3.05) is 0 Å². The van der Waals surface area contributed by atoms with E-state index in [2.05, 4.69) is 67.9 Å². The zero-order valence-corrected chi connectivity index (χ0v) is 13.4. The predicted molar refractivity (Wildman–Crippen MR) is 94.6 cm³/mol. The van der Waals surface area contributed by atoms with E-state index in [4.69, 9.17) is 0 Å². The first-order valence-corrected chi connectivity index (χ1v) is 8.31. The fourth-order valence-corrected chi connectivity index (χ4v) is 3.94. The van der Waals surface area contributed by atoms with Crippen molar-refractivity contribution in [1.82, 2.24) is 19.2 Å². The third kappa shape index (κ3) is 1.59. The highest BCUT2D eigenvalue weighted by atomic mass is 15.3. The van der Waals surface area contributed by atoms with Gasteiger partial charge >= 0.3 is 0 Å². The Labute approximate surface area is 143 Å². The number of benzene rings is 1. The predicted octanol–water partition coefficient (Wildman–Crippen LogP) is 2.99. The van der Waals surface area contributed by atoms with Gasteiger partial charge in [0.1, 0.15) is 17.7 Å². The minimum Gasteiger partial charge on any atom is -0.264 e. The molecule has 0 fully saturated rings. The van der Waals surface area contributed by atoms with Gasteiger partial charge in [0.2, 0.25) is 5.52 Å². The molecule has 118 valence electrons. The molecule has 0 radical (unpaired) electrons. The van der Waals surface area contributed by atoms with Gasteiger partial charge in [0.15, 0.2) is 5.52 Å². The molecule has 0 saturated carbocycles. The molecule has 0 spiro atoms. The molecular formula is C20H14N5+. The van der Waals surface area contributed by atoms with Crippen LogP contribution in [0.3, 0.4) is 0 Å². The molecule has 25 heavy (non-hydrogen) atoms. The molecule has 4 aromatic heterocycles. The van der Waals surface area contributed by atoms with Crippen molar-refractivity contribution in [2.24, 2.45) is 0 Å². The molecule has 1 aliphatic heterocycles.